The van der Waals surface area contributed by atoms with Crippen LogP contribution in [-0.4, -0.2) is 19.0 Å². The van der Waals surface area contributed by atoms with E-state index < -0.39 is 11.9 Å². The average molecular weight is 220 g/mol. The van der Waals surface area contributed by atoms with Gasteiger partial charge in [0, 0.05) is 6.92 Å². The Labute approximate surface area is 93.5 Å². The topological polar surface area (TPSA) is 52.6 Å². The quantitative estimate of drug-likeness (QED) is 0.577. The minimum absolute atomic E-state index is 0.178. The number of methoxy groups -OCH3 is 1. The van der Waals surface area contributed by atoms with E-state index in [0.717, 1.165) is 5.56 Å². The molecule has 0 bridgehead atoms. The van der Waals surface area contributed by atoms with Crippen LogP contribution in [0, 0.1) is 0 Å². The smallest absolute Gasteiger partial charge is 0.341 e. The van der Waals surface area contributed by atoms with Gasteiger partial charge in [-0.2, -0.15) is 0 Å². The van der Waals surface area contributed by atoms with Crippen LogP contribution in [0.25, 0.3) is 6.08 Å². The van der Waals surface area contributed by atoms with E-state index in [0.29, 0.717) is 0 Å². The fraction of sp³-hybridized carbons (Fsp3) is 0.167. The Hall–Kier alpha value is -2.10. The normalized spacial score (nSPS) is 9.38. The molecule has 0 unspecified atom stereocenters. The highest BCUT2D eigenvalue weighted by Crippen LogP contribution is 2.22. The molecule has 0 saturated heterocycles. The van der Waals surface area contributed by atoms with Gasteiger partial charge in [0.2, 0.25) is 0 Å². The Morgan fingerprint density at radius 2 is 2.06 bits per heavy atom. The summed E-state index contributed by atoms with van der Waals surface area (Å²) in [7, 11) is 1.27. The summed E-state index contributed by atoms with van der Waals surface area (Å²) < 4.78 is 9.50. The maximum atomic E-state index is 11.4. The molecule has 0 spiro atoms. The maximum absolute atomic E-state index is 11.4. The van der Waals surface area contributed by atoms with Gasteiger partial charge in [-0.05, 0) is 17.7 Å². The highest BCUT2D eigenvalue weighted by atomic mass is 16.5. The molecule has 1 rings (SSSR count). The molecule has 0 aliphatic rings. The second-order valence-electron chi connectivity index (χ2n) is 3.04. The Balaban J connectivity index is 3.20. The third-order valence-electron chi connectivity index (χ3n) is 1.90. The van der Waals surface area contributed by atoms with E-state index in [1.54, 1.807) is 18.2 Å². The highest BCUT2D eigenvalue weighted by molar-refractivity contribution is 5.93. The van der Waals surface area contributed by atoms with Crippen LogP contribution >= 0.6 is 0 Å². The number of hydrogen-bond donors (Lipinski definition) is 0. The van der Waals surface area contributed by atoms with E-state index in [9.17, 15) is 9.59 Å². The predicted molar refractivity (Wildman–Crippen MR) is 59.2 cm³/mol. The molecule has 4 heteroatoms. The molecule has 0 radical (unpaired) electrons. The molecule has 0 fully saturated rings. The first kappa shape index (κ1) is 12.0. The van der Waals surface area contributed by atoms with Gasteiger partial charge in [0.15, 0.2) is 0 Å². The Morgan fingerprint density at radius 1 is 1.38 bits per heavy atom. The van der Waals surface area contributed by atoms with Crippen LogP contribution in [0.2, 0.25) is 0 Å². The van der Waals surface area contributed by atoms with E-state index >= 15 is 0 Å². The molecular formula is C12H12O4. The lowest BCUT2D eigenvalue weighted by Crippen LogP contribution is -2.09. The van der Waals surface area contributed by atoms with E-state index in [-0.39, 0.29) is 11.3 Å². The summed E-state index contributed by atoms with van der Waals surface area (Å²) in [4.78, 5) is 22.3. The second kappa shape index (κ2) is 5.11. The van der Waals surface area contributed by atoms with Crippen LogP contribution in [0.4, 0.5) is 0 Å². The first-order chi connectivity index (χ1) is 7.58. The minimum atomic E-state index is -0.549. The van der Waals surface area contributed by atoms with Gasteiger partial charge in [0.1, 0.15) is 11.3 Å². The fourth-order valence-corrected chi connectivity index (χ4v) is 1.18. The van der Waals surface area contributed by atoms with Crippen LogP contribution in [-0.2, 0) is 9.53 Å². The lowest BCUT2D eigenvalue weighted by atomic mass is 10.1. The van der Waals surface area contributed by atoms with Crippen molar-refractivity contribution in [2.24, 2.45) is 0 Å². The molecule has 0 aliphatic carbocycles. The van der Waals surface area contributed by atoms with Crippen molar-refractivity contribution in [3.05, 3.63) is 35.9 Å². The van der Waals surface area contributed by atoms with Gasteiger partial charge < -0.3 is 9.47 Å². The van der Waals surface area contributed by atoms with E-state index in [1.165, 1.54) is 20.1 Å². The van der Waals surface area contributed by atoms with Crippen LogP contribution < -0.4 is 4.74 Å². The molecular weight excluding hydrogens is 208 g/mol. The lowest BCUT2D eigenvalue weighted by Gasteiger charge is -2.08. The number of ether oxygens (including phenoxy) is 2. The highest BCUT2D eigenvalue weighted by Gasteiger charge is 2.14. The van der Waals surface area contributed by atoms with Crippen molar-refractivity contribution in [1.29, 1.82) is 0 Å². The molecule has 16 heavy (non-hydrogen) atoms. The number of rotatable bonds is 3. The molecule has 0 aromatic heterocycles. The van der Waals surface area contributed by atoms with Crippen LogP contribution in [0.15, 0.2) is 24.8 Å². The summed E-state index contributed by atoms with van der Waals surface area (Å²) in [5, 5.41) is 0. The second-order valence-corrected chi connectivity index (χ2v) is 3.04. The summed E-state index contributed by atoms with van der Waals surface area (Å²) >= 11 is 0. The number of esters is 2. The zero-order valence-corrected chi connectivity index (χ0v) is 9.15. The van der Waals surface area contributed by atoms with Crippen molar-refractivity contribution in [2.45, 2.75) is 6.92 Å². The number of carbonyl (C=O) groups is 2. The van der Waals surface area contributed by atoms with Crippen molar-refractivity contribution >= 4 is 18.0 Å². The van der Waals surface area contributed by atoms with Crippen molar-refractivity contribution in [1.82, 2.24) is 0 Å². The Kier molecular flexibility index (Phi) is 3.83. The molecule has 0 heterocycles. The summed E-state index contributed by atoms with van der Waals surface area (Å²) in [6, 6.07) is 4.77. The Morgan fingerprint density at radius 3 is 2.56 bits per heavy atom. The van der Waals surface area contributed by atoms with Gasteiger partial charge in [-0.15, -0.1) is 0 Å². The molecule has 0 saturated carbocycles. The molecule has 0 N–H and O–H groups in total. The molecule has 84 valence electrons. The van der Waals surface area contributed by atoms with Crippen molar-refractivity contribution in [3.63, 3.8) is 0 Å². The monoisotopic (exact) mass is 220 g/mol. The molecule has 0 aliphatic heterocycles. The van der Waals surface area contributed by atoms with Gasteiger partial charge in [-0.25, -0.2) is 4.79 Å². The number of benzene rings is 1. The molecule has 0 amide bonds. The van der Waals surface area contributed by atoms with Crippen LogP contribution in [0.1, 0.15) is 22.8 Å². The summed E-state index contributed by atoms with van der Waals surface area (Å²) in [5.41, 5.74) is 0.965. The zero-order valence-electron chi connectivity index (χ0n) is 9.15. The van der Waals surface area contributed by atoms with E-state index in [4.69, 9.17) is 4.74 Å². The number of carbonyl (C=O) groups excluding carboxylic acids is 2. The van der Waals surface area contributed by atoms with Crippen LogP contribution in [0.5, 0.6) is 5.75 Å². The predicted octanol–water partition coefficient (Wildman–Crippen LogP) is 2.04. The fourth-order valence-electron chi connectivity index (χ4n) is 1.18. The number of hydrogen-bond acceptors (Lipinski definition) is 4. The largest absolute Gasteiger partial charge is 0.465 e. The molecule has 0 atom stereocenters. The van der Waals surface area contributed by atoms with Crippen molar-refractivity contribution in [2.75, 3.05) is 7.11 Å². The average Bonchev–Trinajstić information content (AvgIpc) is 2.27. The van der Waals surface area contributed by atoms with Crippen LogP contribution in [0.3, 0.4) is 0 Å². The molecule has 1 aromatic carbocycles. The molecule has 4 nitrogen and oxygen atoms in total. The first-order valence-corrected chi connectivity index (χ1v) is 4.61. The third kappa shape index (κ3) is 2.70. The van der Waals surface area contributed by atoms with Gasteiger partial charge >= 0.3 is 11.9 Å². The summed E-state index contributed by atoms with van der Waals surface area (Å²) in [6.45, 7) is 4.85. The minimum Gasteiger partial charge on any atom is -0.465 e. The van der Waals surface area contributed by atoms with E-state index in [1.807, 2.05) is 0 Å². The summed E-state index contributed by atoms with van der Waals surface area (Å²) in [5.74, 6) is -0.866. The van der Waals surface area contributed by atoms with Gasteiger partial charge in [0.05, 0.1) is 7.11 Å². The first-order valence-electron chi connectivity index (χ1n) is 4.61. The van der Waals surface area contributed by atoms with E-state index in [2.05, 4.69) is 11.3 Å². The van der Waals surface area contributed by atoms with Gasteiger partial charge in [-0.3, -0.25) is 4.79 Å². The maximum Gasteiger partial charge on any atom is 0.341 e. The zero-order chi connectivity index (χ0) is 12.1. The summed E-state index contributed by atoms with van der Waals surface area (Å²) in [6.07, 6.45) is 1.59. The van der Waals surface area contributed by atoms with Gasteiger partial charge in [0.25, 0.3) is 0 Å². The van der Waals surface area contributed by atoms with Crippen molar-refractivity contribution < 1.29 is 19.1 Å². The standard InChI is InChI=1S/C12H12O4/c1-4-9-5-6-10(12(14)15-3)11(7-9)16-8(2)13/h4-7H,1H2,2-3H3. The lowest BCUT2D eigenvalue weighted by molar-refractivity contribution is -0.131. The SMILES string of the molecule is C=Cc1ccc(C(=O)OC)c(OC(C)=O)c1. The van der Waals surface area contributed by atoms with Crippen molar-refractivity contribution in [3.8, 4) is 5.75 Å². The Bertz CT molecular complexity index is 435. The molecule has 1 aromatic rings. The third-order valence-corrected chi connectivity index (χ3v) is 1.90. The van der Waals surface area contributed by atoms with Gasteiger partial charge in [-0.1, -0.05) is 18.7 Å².